The van der Waals surface area contributed by atoms with Crippen LogP contribution in [0.2, 0.25) is 0 Å². The molecular formula is C15H24. The summed E-state index contributed by atoms with van der Waals surface area (Å²) in [5.41, 5.74) is 2.17. The van der Waals surface area contributed by atoms with Gasteiger partial charge in [-0.25, -0.2) is 0 Å². The molecular weight excluding hydrogens is 180 g/mol. The largest absolute Gasteiger partial charge is 0.0990 e. The van der Waals surface area contributed by atoms with Crippen molar-refractivity contribution in [3.63, 3.8) is 0 Å². The van der Waals surface area contributed by atoms with E-state index in [0.717, 1.165) is 29.6 Å². The second-order valence-corrected chi connectivity index (χ2v) is 6.76. The summed E-state index contributed by atoms with van der Waals surface area (Å²) in [6, 6.07) is 0. The van der Waals surface area contributed by atoms with E-state index in [1.54, 1.807) is 5.57 Å². The minimum absolute atomic E-state index is 0.541. The van der Waals surface area contributed by atoms with Gasteiger partial charge in [0, 0.05) is 0 Å². The third-order valence-electron chi connectivity index (χ3n) is 6.07. The standard InChI is InChI=1S/C15H24/c1-9(2)11-7-8-15(4)10(3)12-5-6-13(15)14(11)12/h9,11-14H,3,5-8H2,1-2,4H3/t11?,12-,13-,14+,15-/m0/s1. The Bertz CT molecular complexity index is 301. The quantitative estimate of drug-likeness (QED) is 0.559. The van der Waals surface area contributed by atoms with Crippen LogP contribution in [0.5, 0.6) is 0 Å². The van der Waals surface area contributed by atoms with Crippen LogP contribution in [0, 0.1) is 35.0 Å². The molecule has 15 heavy (non-hydrogen) atoms. The van der Waals surface area contributed by atoms with Gasteiger partial charge in [-0.05, 0) is 60.7 Å². The van der Waals surface area contributed by atoms with Crippen molar-refractivity contribution in [3.8, 4) is 0 Å². The fourth-order valence-corrected chi connectivity index (χ4v) is 5.22. The van der Waals surface area contributed by atoms with Crippen LogP contribution in [0.4, 0.5) is 0 Å². The van der Waals surface area contributed by atoms with Gasteiger partial charge >= 0.3 is 0 Å². The van der Waals surface area contributed by atoms with Crippen molar-refractivity contribution < 1.29 is 0 Å². The molecule has 0 aromatic rings. The maximum Gasteiger partial charge on any atom is -0.00849 e. The average molecular weight is 204 g/mol. The summed E-state index contributed by atoms with van der Waals surface area (Å²) >= 11 is 0. The molecule has 0 aliphatic heterocycles. The van der Waals surface area contributed by atoms with Crippen LogP contribution in [-0.4, -0.2) is 0 Å². The molecule has 0 amide bonds. The smallest absolute Gasteiger partial charge is 0.00849 e. The molecule has 1 unspecified atom stereocenters. The van der Waals surface area contributed by atoms with E-state index in [1.165, 1.54) is 25.7 Å². The first-order chi connectivity index (χ1) is 7.05. The van der Waals surface area contributed by atoms with Gasteiger partial charge in [-0.15, -0.1) is 0 Å². The van der Waals surface area contributed by atoms with Crippen LogP contribution >= 0.6 is 0 Å². The number of hydrogen-bond acceptors (Lipinski definition) is 0. The monoisotopic (exact) mass is 204 g/mol. The summed E-state index contributed by atoms with van der Waals surface area (Å²) in [6.45, 7) is 11.8. The van der Waals surface area contributed by atoms with E-state index in [1.807, 2.05) is 0 Å². The van der Waals surface area contributed by atoms with Crippen LogP contribution in [0.25, 0.3) is 0 Å². The number of hydrogen-bond donors (Lipinski definition) is 0. The van der Waals surface area contributed by atoms with Gasteiger partial charge in [-0.1, -0.05) is 32.9 Å². The second-order valence-electron chi connectivity index (χ2n) is 6.76. The van der Waals surface area contributed by atoms with Crippen LogP contribution < -0.4 is 0 Å². The molecule has 84 valence electrons. The van der Waals surface area contributed by atoms with E-state index in [0.29, 0.717) is 5.41 Å². The predicted molar refractivity (Wildman–Crippen MR) is 64.5 cm³/mol. The molecule has 0 N–H and O–H groups in total. The van der Waals surface area contributed by atoms with Gasteiger partial charge in [0.05, 0.1) is 0 Å². The Balaban J connectivity index is 2.00. The fourth-order valence-electron chi connectivity index (χ4n) is 5.22. The third-order valence-corrected chi connectivity index (χ3v) is 6.07. The van der Waals surface area contributed by atoms with E-state index in [-0.39, 0.29) is 0 Å². The Labute approximate surface area is 94.1 Å². The highest BCUT2D eigenvalue weighted by Gasteiger charge is 2.61. The lowest BCUT2D eigenvalue weighted by atomic mass is 9.62. The van der Waals surface area contributed by atoms with Crippen LogP contribution in [0.1, 0.15) is 46.5 Å². The maximum atomic E-state index is 4.45. The molecule has 3 fully saturated rings. The van der Waals surface area contributed by atoms with E-state index in [4.69, 9.17) is 0 Å². The Hall–Kier alpha value is -0.260. The summed E-state index contributed by atoms with van der Waals surface area (Å²) in [5, 5.41) is 0. The molecule has 3 aliphatic rings. The van der Waals surface area contributed by atoms with Crippen LogP contribution in [0.15, 0.2) is 12.2 Å². The number of allylic oxidation sites excluding steroid dienone is 1. The summed E-state index contributed by atoms with van der Waals surface area (Å²) in [4.78, 5) is 0. The Morgan fingerprint density at radius 1 is 1.27 bits per heavy atom. The lowest BCUT2D eigenvalue weighted by Crippen LogP contribution is -2.35. The Morgan fingerprint density at radius 3 is 2.67 bits per heavy atom. The summed E-state index contributed by atoms with van der Waals surface area (Å²) in [6.07, 6.45) is 5.83. The molecule has 3 aliphatic carbocycles. The zero-order chi connectivity index (χ0) is 10.8. The Kier molecular flexibility index (Phi) is 1.92. The van der Waals surface area contributed by atoms with E-state index >= 15 is 0 Å². The first kappa shape index (κ1) is 9.93. The number of rotatable bonds is 1. The van der Waals surface area contributed by atoms with Gasteiger partial charge in [0.2, 0.25) is 0 Å². The Morgan fingerprint density at radius 2 is 2.00 bits per heavy atom. The second kappa shape index (κ2) is 2.90. The van der Waals surface area contributed by atoms with Crippen LogP contribution in [0.3, 0.4) is 0 Å². The topological polar surface area (TPSA) is 0 Å². The molecule has 0 heterocycles. The van der Waals surface area contributed by atoms with Gasteiger partial charge in [-0.2, -0.15) is 0 Å². The van der Waals surface area contributed by atoms with Crippen molar-refractivity contribution in [2.24, 2.45) is 35.0 Å². The molecule has 5 atom stereocenters. The zero-order valence-corrected chi connectivity index (χ0v) is 10.4. The van der Waals surface area contributed by atoms with Gasteiger partial charge in [0.25, 0.3) is 0 Å². The molecule has 0 heteroatoms. The van der Waals surface area contributed by atoms with Gasteiger partial charge < -0.3 is 0 Å². The van der Waals surface area contributed by atoms with Crippen molar-refractivity contribution in [2.45, 2.75) is 46.5 Å². The molecule has 4 bridgehead atoms. The molecule has 0 radical (unpaired) electrons. The van der Waals surface area contributed by atoms with Crippen molar-refractivity contribution >= 4 is 0 Å². The van der Waals surface area contributed by atoms with Gasteiger partial charge in [-0.3, -0.25) is 0 Å². The molecule has 0 spiro atoms. The molecule has 3 rings (SSSR count). The van der Waals surface area contributed by atoms with Crippen molar-refractivity contribution in [1.29, 1.82) is 0 Å². The minimum Gasteiger partial charge on any atom is -0.0990 e. The van der Waals surface area contributed by atoms with E-state index in [9.17, 15) is 0 Å². The first-order valence-electron chi connectivity index (χ1n) is 6.75. The average Bonchev–Trinajstić information content (AvgIpc) is 2.65. The molecule has 0 aromatic heterocycles. The lowest BCUT2D eigenvalue weighted by molar-refractivity contribution is 0.0780. The minimum atomic E-state index is 0.541. The van der Waals surface area contributed by atoms with Crippen LogP contribution in [-0.2, 0) is 0 Å². The SMILES string of the molecule is C=C1[C@@H]2CC[C@H]3[C@@H]2C(C(C)C)CC[C@@]13C. The summed E-state index contributed by atoms with van der Waals surface area (Å²) in [5.74, 6) is 4.78. The fraction of sp³-hybridized carbons (Fsp3) is 0.867. The zero-order valence-electron chi connectivity index (χ0n) is 10.4. The first-order valence-corrected chi connectivity index (χ1v) is 6.75. The summed E-state index contributed by atoms with van der Waals surface area (Å²) < 4.78 is 0. The predicted octanol–water partition coefficient (Wildman–Crippen LogP) is 4.27. The van der Waals surface area contributed by atoms with Crippen molar-refractivity contribution in [2.75, 3.05) is 0 Å². The molecule has 0 saturated heterocycles. The highest BCUT2D eigenvalue weighted by molar-refractivity contribution is 5.29. The van der Waals surface area contributed by atoms with Gasteiger partial charge in [0.1, 0.15) is 0 Å². The molecule has 0 nitrogen and oxygen atoms in total. The lowest BCUT2D eigenvalue weighted by Gasteiger charge is -2.43. The highest BCUT2D eigenvalue weighted by atomic mass is 14.7. The summed E-state index contributed by atoms with van der Waals surface area (Å²) in [7, 11) is 0. The van der Waals surface area contributed by atoms with E-state index in [2.05, 4.69) is 27.4 Å². The normalized spacial score (nSPS) is 52.9. The van der Waals surface area contributed by atoms with Crippen molar-refractivity contribution in [3.05, 3.63) is 12.2 Å². The molecule has 3 saturated carbocycles. The van der Waals surface area contributed by atoms with Gasteiger partial charge in [0.15, 0.2) is 0 Å². The third kappa shape index (κ3) is 1.04. The highest BCUT2D eigenvalue weighted by Crippen LogP contribution is 2.69. The molecule has 0 aromatic carbocycles. The van der Waals surface area contributed by atoms with E-state index < -0.39 is 0 Å². The maximum absolute atomic E-state index is 4.45. The van der Waals surface area contributed by atoms with Crippen molar-refractivity contribution in [1.82, 2.24) is 0 Å².